The van der Waals surface area contributed by atoms with Gasteiger partial charge in [-0.05, 0) is 30.3 Å². The Morgan fingerprint density at radius 2 is 1.88 bits per heavy atom. The molecule has 2 aromatic rings. The number of carbonyl (C=O) groups is 1. The summed E-state index contributed by atoms with van der Waals surface area (Å²) in [6, 6.07) is 11.9. The maximum Gasteiger partial charge on any atom is 0.424 e. The van der Waals surface area contributed by atoms with Crippen molar-refractivity contribution in [2.75, 3.05) is 6.54 Å². The number of nitrogens with zero attached hydrogens (tertiary/aromatic N) is 2. The minimum Gasteiger partial charge on any atom is -0.374 e. The summed E-state index contributed by atoms with van der Waals surface area (Å²) in [6.45, 7) is -1.02. The van der Waals surface area contributed by atoms with Crippen LogP contribution in [-0.4, -0.2) is 40.1 Å². The van der Waals surface area contributed by atoms with E-state index in [0.29, 0.717) is 14.4 Å². The summed E-state index contributed by atoms with van der Waals surface area (Å²) in [5, 5.41) is 14.8. The molecule has 1 aliphatic heterocycles. The third-order valence-electron chi connectivity index (χ3n) is 3.91. The largest absolute Gasteiger partial charge is 0.424 e. The van der Waals surface area contributed by atoms with Crippen LogP contribution in [0.2, 0.25) is 0 Å². The number of halogens is 4. The van der Waals surface area contributed by atoms with E-state index in [0.717, 1.165) is 0 Å². The molecule has 0 saturated carbocycles. The number of alkyl halides is 3. The van der Waals surface area contributed by atoms with Crippen molar-refractivity contribution >= 4 is 40.2 Å². The highest BCUT2D eigenvalue weighted by Crippen LogP contribution is 2.38. The maximum atomic E-state index is 13.6. The van der Waals surface area contributed by atoms with Gasteiger partial charge in [0.05, 0.1) is 6.54 Å². The van der Waals surface area contributed by atoms with E-state index in [-0.39, 0.29) is 11.1 Å². The second kappa shape index (κ2) is 6.71. The van der Waals surface area contributed by atoms with Gasteiger partial charge in [-0.15, -0.1) is 12.6 Å². The van der Waals surface area contributed by atoms with Gasteiger partial charge in [-0.2, -0.15) is 18.3 Å². The van der Waals surface area contributed by atoms with Crippen LogP contribution < -0.4 is 0 Å². The van der Waals surface area contributed by atoms with Crippen LogP contribution in [0.5, 0.6) is 0 Å². The van der Waals surface area contributed by atoms with Gasteiger partial charge < -0.3 is 5.11 Å². The van der Waals surface area contributed by atoms with Crippen molar-refractivity contribution in [3.63, 3.8) is 0 Å². The maximum absolute atomic E-state index is 13.6. The van der Waals surface area contributed by atoms with Crippen molar-refractivity contribution in [1.82, 2.24) is 5.01 Å². The Hall–Kier alpha value is -1.84. The molecule has 0 unspecified atom stereocenters. The monoisotopic (exact) mass is 444 g/mol. The van der Waals surface area contributed by atoms with Gasteiger partial charge in [-0.3, -0.25) is 4.79 Å². The minimum absolute atomic E-state index is 0.0753. The number of hydrogen-bond acceptors (Lipinski definition) is 4. The van der Waals surface area contributed by atoms with E-state index in [2.05, 4.69) is 33.7 Å². The van der Waals surface area contributed by atoms with Gasteiger partial charge in [0.2, 0.25) is 5.60 Å². The zero-order chi connectivity index (χ0) is 19.1. The predicted molar refractivity (Wildman–Crippen MR) is 96.4 cm³/mol. The van der Waals surface area contributed by atoms with Crippen molar-refractivity contribution in [1.29, 1.82) is 0 Å². The van der Waals surface area contributed by atoms with Crippen molar-refractivity contribution in [2.24, 2.45) is 5.10 Å². The average molecular weight is 445 g/mol. The van der Waals surface area contributed by atoms with E-state index < -0.39 is 29.9 Å². The Kier molecular flexibility index (Phi) is 4.89. The third-order valence-corrected chi connectivity index (χ3v) is 4.71. The van der Waals surface area contributed by atoms with E-state index >= 15 is 0 Å². The molecule has 9 heteroatoms. The molecule has 0 radical (unpaired) electrons. The van der Waals surface area contributed by atoms with E-state index in [1.54, 1.807) is 12.1 Å². The zero-order valence-electron chi connectivity index (χ0n) is 13.0. The lowest BCUT2D eigenvalue weighted by molar-refractivity contribution is -0.228. The number of rotatable bonds is 2. The lowest BCUT2D eigenvalue weighted by Crippen LogP contribution is -2.54. The van der Waals surface area contributed by atoms with E-state index in [1.807, 2.05) is 0 Å². The molecule has 0 aromatic heterocycles. The summed E-state index contributed by atoms with van der Waals surface area (Å²) in [4.78, 5) is 13.0. The third kappa shape index (κ3) is 3.38. The quantitative estimate of drug-likeness (QED) is 0.690. The lowest BCUT2D eigenvalue weighted by atomic mass is 9.92. The molecular weight excluding hydrogens is 433 g/mol. The molecule has 0 bridgehead atoms. The molecule has 1 atom stereocenters. The van der Waals surface area contributed by atoms with Gasteiger partial charge in [0.25, 0.3) is 5.91 Å². The molecule has 1 N–H and O–H groups in total. The molecule has 0 fully saturated rings. The molecule has 0 saturated heterocycles. The number of hydrazone groups is 1. The first-order valence-corrected chi connectivity index (χ1v) is 8.61. The molecule has 4 nitrogen and oxygen atoms in total. The molecule has 1 heterocycles. The van der Waals surface area contributed by atoms with Crippen LogP contribution in [0.25, 0.3) is 0 Å². The molecule has 0 aliphatic carbocycles. The summed E-state index contributed by atoms with van der Waals surface area (Å²) in [6.07, 6.45) is -5.00. The van der Waals surface area contributed by atoms with Crippen LogP contribution in [0.15, 0.2) is 63.0 Å². The van der Waals surface area contributed by atoms with Gasteiger partial charge in [-0.1, -0.05) is 34.1 Å². The summed E-state index contributed by atoms with van der Waals surface area (Å²) in [7, 11) is 0. The number of carbonyl (C=O) groups excluding carboxylic acids is 1. The second-order valence-electron chi connectivity index (χ2n) is 5.73. The first kappa shape index (κ1) is 18.9. The fourth-order valence-corrected chi connectivity index (χ4v) is 3.05. The number of amides is 1. The van der Waals surface area contributed by atoms with Crippen LogP contribution in [0, 0.1) is 0 Å². The van der Waals surface area contributed by atoms with Gasteiger partial charge in [-0.25, -0.2) is 5.01 Å². The molecule has 1 aliphatic rings. The van der Waals surface area contributed by atoms with Crippen molar-refractivity contribution in [3.8, 4) is 0 Å². The van der Waals surface area contributed by atoms with Gasteiger partial charge in [0.15, 0.2) is 0 Å². The number of thiol groups is 1. The molecule has 1 amide bonds. The van der Waals surface area contributed by atoms with Crippen LogP contribution in [0.4, 0.5) is 13.2 Å². The lowest BCUT2D eigenvalue weighted by Gasteiger charge is -2.27. The Morgan fingerprint density at radius 3 is 2.46 bits per heavy atom. The summed E-state index contributed by atoms with van der Waals surface area (Å²) >= 11 is 7.31. The van der Waals surface area contributed by atoms with E-state index in [1.165, 1.54) is 36.4 Å². The normalized spacial score (nSPS) is 20.2. The van der Waals surface area contributed by atoms with Gasteiger partial charge in [0.1, 0.15) is 5.71 Å². The fourth-order valence-electron chi connectivity index (χ4n) is 2.56. The summed E-state index contributed by atoms with van der Waals surface area (Å²) < 4.78 is 41.4. The molecule has 3 rings (SSSR count). The van der Waals surface area contributed by atoms with Crippen molar-refractivity contribution < 1.29 is 23.1 Å². The van der Waals surface area contributed by atoms with Crippen molar-refractivity contribution in [2.45, 2.75) is 16.7 Å². The van der Waals surface area contributed by atoms with E-state index in [9.17, 15) is 23.1 Å². The van der Waals surface area contributed by atoms with Crippen LogP contribution >= 0.6 is 28.6 Å². The molecule has 136 valence electrons. The molecule has 26 heavy (non-hydrogen) atoms. The highest BCUT2D eigenvalue weighted by Gasteiger charge is 2.62. The van der Waals surface area contributed by atoms with E-state index in [4.69, 9.17) is 0 Å². The molecular formula is C17H12BrF3N2O2S. The minimum atomic E-state index is -5.00. The Morgan fingerprint density at radius 1 is 1.23 bits per heavy atom. The second-order valence-corrected chi connectivity index (χ2v) is 7.16. The number of β-amino-alcohol motifs (C(OH)–C–C–N with tert-alkyl or cyclic N) is 1. The standard InChI is InChI=1S/C17H12BrF3N2O2S/c18-12-6-4-10(5-7-12)14-16(25,17(19,20)21)9-23(22-14)15(24)11-2-1-3-13(26)8-11/h1-8,25-26H,9H2/t16-/m1/s1. The SMILES string of the molecule is O=C(c1cccc(S)c1)N1C[C@](O)(C(F)(F)F)C(c2ccc(Br)cc2)=N1. The van der Waals surface area contributed by atoms with Crippen LogP contribution in [0.3, 0.4) is 0 Å². The Balaban J connectivity index is 2.04. The highest BCUT2D eigenvalue weighted by atomic mass is 79.9. The zero-order valence-corrected chi connectivity index (χ0v) is 15.5. The topological polar surface area (TPSA) is 52.9 Å². The summed E-state index contributed by atoms with van der Waals surface area (Å²) in [5.74, 6) is -0.754. The number of benzene rings is 2. The number of aliphatic hydroxyl groups is 1. The first-order valence-electron chi connectivity index (χ1n) is 7.37. The summed E-state index contributed by atoms with van der Waals surface area (Å²) in [5.41, 5.74) is -3.67. The Labute approximate surface area is 160 Å². The smallest absolute Gasteiger partial charge is 0.374 e. The molecule has 2 aromatic carbocycles. The van der Waals surface area contributed by atoms with Gasteiger partial charge >= 0.3 is 6.18 Å². The van der Waals surface area contributed by atoms with Crippen LogP contribution in [0.1, 0.15) is 15.9 Å². The number of hydrogen-bond donors (Lipinski definition) is 2. The van der Waals surface area contributed by atoms with Gasteiger partial charge in [0, 0.05) is 20.5 Å². The Bertz CT molecular complexity index is 886. The highest BCUT2D eigenvalue weighted by molar-refractivity contribution is 9.10. The molecule has 0 spiro atoms. The van der Waals surface area contributed by atoms with Crippen molar-refractivity contribution in [3.05, 3.63) is 64.1 Å². The van der Waals surface area contributed by atoms with Crippen LogP contribution in [-0.2, 0) is 0 Å². The first-order chi connectivity index (χ1) is 12.1. The average Bonchev–Trinajstić information content (AvgIpc) is 2.94. The fraction of sp³-hybridized carbons (Fsp3) is 0.176. The predicted octanol–water partition coefficient (Wildman–Crippen LogP) is 3.89.